The van der Waals surface area contributed by atoms with Crippen molar-refractivity contribution < 1.29 is 0 Å². The number of hydrogen-bond acceptors (Lipinski definition) is 2. The SMILES string of the molecule is C/C=C(CC)\C(=N/C)[C@H](C)N. The van der Waals surface area contributed by atoms with E-state index in [1.807, 2.05) is 13.8 Å². The van der Waals surface area contributed by atoms with Crippen LogP contribution in [0.3, 0.4) is 0 Å². The summed E-state index contributed by atoms with van der Waals surface area (Å²) in [5.74, 6) is 0. The number of hydrogen-bond donors (Lipinski definition) is 1. The third-order valence-electron chi connectivity index (χ3n) is 1.73. The molecule has 2 N–H and O–H groups in total. The van der Waals surface area contributed by atoms with Crippen molar-refractivity contribution >= 4 is 5.71 Å². The van der Waals surface area contributed by atoms with Crippen molar-refractivity contribution in [2.75, 3.05) is 7.05 Å². The molecule has 2 heteroatoms. The Morgan fingerprint density at radius 3 is 2.27 bits per heavy atom. The summed E-state index contributed by atoms with van der Waals surface area (Å²) in [7, 11) is 1.79. The molecule has 2 nitrogen and oxygen atoms in total. The predicted molar refractivity (Wildman–Crippen MR) is 51.1 cm³/mol. The maximum atomic E-state index is 5.73. The zero-order valence-corrected chi connectivity index (χ0v) is 7.89. The minimum atomic E-state index is 0.0474. The second-order valence-electron chi connectivity index (χ2n) is 2.56. The number of aliphatic imine (C=N–C) groups is 1. The summed E-state index contributed by atoms with van der Waals surface area (Å²) < 4.78 is 0. The maximum absolute atomic E-state index is 5.73. The predicted octanol–water partition coefficient (Wildman–Crippen LogP) is 1.76. The third kappa shape index (κ3) is 2.85. The van der Waals surface area contributed by atoms with E-state index in [0.29, 0.717) is 0 Å². The minimum Gasteiger partial charge on any atom is -0.323 e. The van der Waals surface area contributed by atoms with Crippen LogP contribution in [0.2, 0.25) is 0 Å². The van der Waals surface area contributed by atoms with Gasteiger partial charge in [-0.15, -0.1) is 0 Å². The van der Waals surface area contributed by atoms with E-state index in [0.717, 1.165) is 12.1 Å². The summed E-state index contributed by atoms with van der Waals surface area (Å²) in [5, 5.41) is 0. The van der Waals surface area contributed by atoms with Gasteiger partial charge in [0, 0.05) is 13.1 Å². The molecule has 64 valence electrons. The maximum Gasteiger partial charge on any atom is 0.0537 e. The van der Waals surface area contributed by atoms with Gasteiger partial charge in [0.2, 0.25) is 0 Å². The summed E-state index contributed by atoms with van der Waals surface area (Å²) >= 11 is 0. The Balaban J connectivity index is 4.51. The molecule has 0 aliphatic carbocycles. The summed E-state index contributed by atoms with van der Waals surface area (Å²) in [6.07, 6.45) is 3.08. The topological polar surface area (TPSA) is 38.4 Å². The lowest BCUT2D eigenvalue weighted by atomic mass is 10.0. The van der Waals surface area contributed by atoms with Crippen molar-refractivity contribution in [3.8, 4) is 0 Å². The van der Waals surface area contributed by atoms with E-state index in [4.69, 9.17) is 5.73 Å². The summed E-state index contributed by atoms with van der Waals surface area (Å²) in [5.41, 5.74) is 8.00. The molecule has 0 bridgehead atoms. The Bertz CT molecular complexity index is 166. The molecule has 0 unspecified atom stereocenters. The largest absolute Gasteiger partial charge is 0.323 e. The molecule has 0 radical (unpaired) electrons. The van der Waals surface area contributed by atoms with Crippen LogP contribution in [-0.4, -0.2) is 18.8 Å². The van der Waals surface area contributed by atoms with Crippen LogP contribution in [0.1, 0.15) is 27.2 Å². The highest BCUT2D eigenvalue weighted by Crippen LogP contribution is 2.05. The lowest BCUT2D eigenvalue weighted by Crippen LogP contribution is -2.28. The van der Waals surface area contributed by atoms with Gasteiger partial charge in [-0.25, -0.2) is 0 Å². The molecule has 0 heterocycles. The van der Waals surface area contributed by atoms with Gasteiger partial charge < -0.3 is 5.73 Å². The van der Waals surface area contributed by atoms with Crippen LogP contribution in [-0.2, 0) is 0 Å². The fourth-order valence-electron chi connectivity index (χ4n) is 1.17. The fourth-order valence-corrected chi connectivity index (χ4v) is 1.17. The van der Waals surface area contributed by atoms with Crippen LogP contribution >= 0.6 is 0 Å². The molecule has 0 aromatic heterocycles. The summed E-state index contributed by atoms with van der Waals surface area (Å²) in [6, 6.07) is 0.0474. The molecule has 0 aliphatic heterocycles. The molecule has 0 saturated carbocycles. The van der Waals surface area contributed by atoms with Crippen molar-refractivity contribution in [1.29, 1.82) is 0 Å². The van der Waals surface area contributed by atoms with Gasteiger partial charge in [0.05, 0.1) is 5.71 Å². The molecular formula is C9H18N2. The molecule has 0 fully saturated rings. The molecule has 0 aromatic carbocycles. The quantitative estimate of drug-likeness (QED) is 0.618. The highest BCUT2D eigenvalue weighted by Gasteiger charge is 2.07. The summed E-state index contributed by atoms with van der Waals surface area (Å²) in [4.78, 5) is 4.15. The van der Waals surface area contributed by atoms with Gasteiger partial charge in [-0.1, -0.05) is 13.0 Å². The van der Waals surface area contributed by atoms with E-state index in [1.54, 1.807) is 7.05 Å². The lowest BCUT2D eigenvalue weighted by molar-refractivity contribution is 0.952. The van der Waals surface area contributed by atoms with Crippen molar-refractivity contribution in [2.24, 2.45) is 10.7 Å². The average molecular weight is 154 g/mol. The van der Waals surface area contributed by atoms with Gasteiger partial charge >= 0.3 is 0 Å². The Hall–Kier alpha value is -0.630. The van der Waals surface area contributed by atoms with Crippen molar-refractivity contribution in [3.63, 3.8) is 0 Å². The van der Waals surface area contributed by atoms with Crippen LogP contribution in [0, 0.1) is 0 Å². The number of rotatable bonds is 3. The molecule has 0 rings (SSSR count). The van der Waals surface area contributed by atoms with Gasteiger partial charge in [-0.3, -0.25) is 4.99 Å². The highest BCUT2D eigenvalue weighted by atomic mass is 14.8. The minimum absolute atomic E-state index is 0.0474. The van der Waals surface area contributed by atoms with E-state index in [9.17, 15) is 0 Å². The second kappa shape index (κ2) is 5.08. The van der Waals surface area contributed by atoms with Crippen LogP contribution < -0.4 is 5.73 Å². The van der Waals surface area contributed by atoms with Crippen LogP contribution in [0.25, 0.3) is 0 Å². The lowest BCUT2D eigenvalue weighted by Gasteiger charge is -2.11. The zero-order valence-electron chi connectivity index (χ0n) is 7.89. The van der Waals surface area contributed by atoms with Crippen LogP contribution in [0.4, 0.5) is 0 Å². The fraction of sp³-hybridized carbons (Fsp3) is 0.667. The van der Waals surface area contributed by atoms with E-state index in [2.05, 4.69) is 18.0 Å². The Kier molecular flexibility index (Phi) is 4.79. The van der Waals surface area contributed by atoms with Gasteiger partial charge in [-0.2, -0.15) is 0 Å². The van der Waals surface area contributed by atoms with Crippen molar-refractivity contribution in [1.82, 2.24) is 0 Å². The smallest absolute Gasteiger partial charge is 0.0537 e. The Morgan fingerprint density at radius 2 is 2.18 bits per heavy atom. The molecule has 0 amide bonds. The molecule has 0 spiro atoms. The number of nitrogens with zero attached hydrogens (tertiary/aromatic N) is 1. The first kappa shape index (κ1) is 10.4. The van der Waals surface area contributed by atoms with E-state index in [1.165, 1.54) is 5.57 Å². The Morgan fingerprint density at radius 1 is 1.64 bits per heavy atom. The third-order valence-corrected chi connectivity index (χ3v) is 1.73. The first-order valence-corrected chi connectivity index (χ1v) is 4.05. The molecule has 1 atom stereocenters. The molecule has 0 saturated heterocycles. The Labute approximate surface area is 69.2 Å². The molecule has 11 heavy (non-hydrogen) atoms. The van der Waals surface area contributed by atoms with Gasteiger partial charge in [-0.05, 0) is 25.8 Å². The number of allylic oxidation sites excluding steroid dienone is 1. The molecular weight excluding hydrogens is 136 g/mol. The second-order valence-corrected chi connectivity index (χ2v) is 2.56. The normalized spacial score (nSPS) is 16.8. The first-order chi connectivity index (χ1) is 5.17. The highest BCUT2D eigenvalue weighted by molar-refractivity contribution is 6.03. The standard InChI is InChI=1S/C9H18N2/c1-5-8(6-2)9(11-4)7(3)10/h5,7H,6,10H2,1-4H3/b8-5-,11-9-/t7-/m0/s1. The molecule has 0 aromatic rings. The van der Waals surface area contributed by atoms with Gasteiger partial charge in [0.15, 0.2) is 0 Å². The number of nitrogens with two attached hydrogens (primary N) is 1. The molecule has 0 aliphatic rings. The van der Waals surface area contributed by atoms with Crippen molar-refractivity contribution in [3.05, 3.63) is 11.6 Å². The monoisotopic (exact) mass is 154 g/mol. The van der Waals surface area contributed by atoms with Gasteiger partial charge in [0.25, 0.3) is 0 Å². The van der Waals surface area contributed by atoms with Crippen molar-refractivity contribution in [2.45, 2.75) is 33.2 Å². The zero-order chi connectivity index (χ0) is 8.85. The van der Waals surface area contributed by atoms with E-state index < -0.39 is 0 Å². The summed E-state index contributed by atoms with van der Waals surface area (Å²) in [6.45, 7) is 6.09. The van der Waals surface area contributed by atoms with Crippen LogP contribution in [0.15, 0.2) is 16.6 Å². The first-order valence-electron chi connectivity index (χ1n) is 4.05. The van der Waals surface area contributed by atoms with E-state index in [-0.39, 0.29) is 6.04 Å². The van der Waals surface area contributed by atoms with Crippen LogP contribution in [0.5, 0.6) is 0 Å². The average Bonchev–Trinajstić information content (AvgIpc) is 1.99. The van der Waals surface area contributed by atoms with E-state index >= 15 is 0 Å². The van der Waals surface area contributed by atoms with Gasteiger partial charge in [0.1, 0.15) is 0 Å².